The quantitative estimate of drug-likeness (QED) is 0.586. The van der Waals surface area contributed by atoms with Crippen LogP contribution >= 0.6 is 0 Å². The van der Waals surface area contributed by atoms with Gasteiger partial charge in [-0.15, -0.1) is 0 Å². The number of rotatable bonds is 8. The molecule has 0 rings (SSSR count). The average Bonchev–Trinajstić information content (AvgIpc) is 2.14. The third kappa shape index (κ3) is 8.31. The predicted octanol–water partition coefficient (Wildman–Crippen LogP) is 3.61. The highest BCUT2D eigenvalue weighted by atomic mass is 14.8. The second kappa shape index (κ2) is 9.26. The van der Waals surface area contributed by atoms with Crippen molar-refractivity contribution in [3.63, 3.8) is 0 Å². The highest BCUT2D eigenvalue weighted by Gasteiger charge is 2.06. The Balaban J connectivity index is 3.70. The zero-order chi connectivity index (χ0) is 10.8. The summed E-state index contributed by atoms with van der Waals surface area (Å²) in [6.45, 7) is 7.95. The standard InChI is InChI=1S/C13H27N/c1-5-6-7-8-13(11-14-4)10-9-12(2)3/h6-7,12-14H,5,8-11H2,1-4H3. The van der Waals surface area contributed by atoms with Gasteiger partial charge < -0.3 is 5.32 Å². The molecule has 0 aromatic rings. The molecule has 0 aromatic carbocycles. The minimum Gasteiger partial charge on any atom is -0.319 e. The van der Waals surface area contributed by atoms with E-state index in [9.17, 15) is 0 Å². The van der Waals surface area contributed by atoms with Gasteiger partial charge >= 0.3 is 0 Å². The zero-order valence-corrected chi connectivity index (χ0v) is 10.3. The predicted molar refractivity (Wildman–Crippen MR) is 65.5 cm³/mol. The van der Waals surface area contributed by atoms with Crippen LogP contribution in [-0.2, 0) is 0 Å². The molecular weight excluding hydrogens is 170 g/mol. The summed E-state index contributed by atoms with van der Waals surface area (Å²) in [5.74, 6) is 1.66. The van der Waals surface area contributed by atoms with Crippen molar-refractivity contribution in [2.24, 2.45) is 11.8 Å². The van der Waals surface area contributed by atoms with Crippen LogP contribution in [-0.4, -0.2) is 13.6 Å². The van der Waals surface area contributed by atoms with Crippen LogP contribution in [0.2, 0.25) is 0 Å². The number of allylic oxidation sites excluding steroid dienone is 2. The maximum Gasteiger partial charge on any atom is -0.00206 e. The summed E-state index contributed by atoms with van der Waals surface area (Å²) in [7, 11) is 2.05. The number of hydrogen-bond acceptors (Lipinski definition) is 1. The minimum atomic E-state index is 0.824. The van der Waals surface area contributed by atoms with Gasteiger partial charge in [0.25, 0.3) is 0 Å². The van der Waals surface area contributed by atoms with E-state index in [2.05, 4.69) is 38.2 Å². The molecule has 0 spiro atoms. The first-order chi connectivity index (χ1) is 6.70. The zero-order valence-electron chi connectivity index (χ0n) is 10.3. The van der Waals surface area contributed by atoms with E-state index in [1.807, 2.05) is 7.05 Å². The molecule has 0 amide bonds. The van der Waals surface area contributed by atoms with Crippen LogP contribution in [0, 0.1) is 11.8 Å². The lowest BCUT2D eigenvalue weighted by atomic mass is 9.95. The van der Waals surface area contributed by atoms with Gasteiger partial charge in [-0.1, -0.05) is 39.3 Å². The normalized spacial score (nSPS) is 14.1. The largest absolute Gasteiger partial charge is 0.319 e. The molecule has 1 nitrogen and oxygen atoms in total. The summed E-state index contributed by atoms with van der Waals surface area (Å²) < 4.78 is 0. The van der Waals surface area contributed by atoms with E-state index in [0.29, 0.717) is 0 Å². The second-order valence-corrected chi connectivity index (χ2v) is 4.51. The molecule has 0 fully saturated rings. The van der Waals surface area contributed by atoms with Gasteiger partial charge in [-0.25, -0.2) is 0 Å². The van der Waals surface area contributed by atoms with Gasteiger partial charge in [0.15, 0.2) is 0 Å². The highest BCUT2D eigenvalue weighted by Crippen LogP contribution is 2.15. The monoisotopic (exact) mass is 197 g/mol. The molecule has 1 heteroatoms. The van der Waals surface area contributed by atoms with Gasteiger partial charge in [-0.2, -0.15) is 0 Å². The Morgan fingerprint density at radius 2 is 1.86 bits per heavy atom. The van der Waals surface area contributed by atoms with E-state index in [4.69, 9.17) is 0 Å². The highest BCUT2D eigenvalue weighted by molar-refractivity contribution is 4.83. The SMILES string of the molecule is CCC=CCC(CCC(C)C)CNC. The van der Waals surface area contributed by atoms with Crippen molar-refractivity contribution < 1.29 is 0 Å². The van der Waals surface area contributed by atoms with Crippen LogP contribution in [0.15, 0.2) is 12.2 Å². The van der Waals surface area contributed by atoms with Crippen LogP contribution in [0.3, 0.4) is 0 Å². The summed E-state index contributed by atoms with van der Waals surface area (Å²) in [4.78, 5) is 0. The molecule has 14 heavy (non-hydrogen) atoms. The van der Waals surface area contributed by atoms with Gasteiger partial charge in [0.2, 0.25) is 0 Å². The van der Waals surface area contributed by atoms with Crippen LogP contribution in [0.25, 0.3) is 0 Å². The molecule has 0 aliphatic carbocycles. The van der Waals surface area contributed by atoms with E-state index < -0.39 is 0 Å². The van der Waals surface area contributed by atoms with Crippen molar-refractivity contribution in [1.82, 2.24) is 5.32 Å². The molecule has 0 radical (unpaired) electrons. The van der Waals surface area contributed by atoms with E-state index in [1.54, 1.807) is 0 Å². The first-order valence-electron chi connectivity index (χ1n) is 6.00. The molecule has 0 saturated heterocycles. The Labute approximate surface area is 90.0 Å². The van der Waals surface area contributed by atoms with Crippen molar-refractivity contribution >= 4 is 0 Å². The molecule has 1 N–H and O–H groups in total. The van der Waals surface area contributed by atoms with Crippen LogP contribution in [0.5, 0.6) is 0 Å². The third-order valence-electron chi connectivity index (χ3n) is 2.52. The molecule has 1 atom stereocenters. The van der Waals surface area contributed by atoms with Crippen molar-refractivity contribution in [2.45, 2.75) is 46.5 Å². The van der Waals surface area contributed by atoms with Gasteiger partial charge in [-0.3, -0.25) is 0 Å². The van der Waals surface area contributed by atoms with Crippen molar-refractivity contribution in [2.75, 3.05) is 13.6 Å². The van der Waals surface area contributed by atoms with Crippen LogP contribution < -0.4 is 5.32 Å². The summed E-state index contributed by atoms with van der Waals surface area (Å²) in [5.41, 5.74) is 0. The van der Waals surface area contributed by atoms with Gasteiger partial charge in [-0.05, 0) is 44.7 Å². The average molecular weight is 197 g/mol. The second-order valence-electron chi connectivity index (χ2n) is 4.51. The Morgan fingerprint density at radius 3 is 2.36 bits per heavy atom. The lowest BCUT2D eigenvalue weighted by Crippen LogP contribution is -2.18. The smallest absolute Gasteiger partial charge is 0.00206 e. The molecule has 0 heterocycles. The van der Waals surface area contributed by atoms with Gasteiger partial charge in [0.05, 0.1) is 0 Å². The van der Waals surface area contributed by atoms with Gasteiger partial charge in [0, 0.05) is 0 Å². The maximum atomic E-state index is 3.28. The number of hydrogen-bond donors (Lipinski definition) is 1. The lowest BCUT2D eigenvalue weighted by molar-refractivity contribution is 0.414. The number of nitrogens with one attached hydrogen (secondary N) is 1. The third-order valence-corrected chi connectivity index (χ3v) is 2.52. The summed E-state index contributed by atoms with van der Waals surface area (Å²) in [6.07, 6.45) is 9.72. The molecule has 1 unspecified atom stereocenters. The maximum absolute atomic E-state index is 3.28. The Morgan fingerprint density at radius 1 is 1.14 bits per heavy atom. The fourth-order valence-electron chi connectivity index (χ4n) is 1.62. The van der Waals surface area contributed by atoms with Crippen LogP contribution in [0.4, 0.5) is 0 Å². The molecular formula is C13H27N. The van der Waals surface area contributed by atoms with Crippen LogP contribution in [0.1, 0.15) is 46.5 Å². The molecule has 0 saturated carbocycles. The fourth-order valence-corrected chi connectivity index (χ4v) is 1.62. The summed E-state index contributed by atoms with van der Waals surface area (Å²) in [5, 5.41) is 3.28. The van der Waals surface area contributed by atoms with Crippen molar-refractivity contribution in [3.8, 4) is 0 Å². The fraction of sp³-hybridized carbons (Fsp3) is 0.846. The summed E-state index contributed by atoms with van der Waals surface area (Å²) >= 11 is 0. The van der Waals surface area contributed by atoms with Crippen molar-refractivity contribution in [1.29, 1.82) is 0 Å². The van der Waals surface area contributed by atoms with Gasteiger partial charge in [0.1, 0.15) is 0 Å². The summed E-state index contributed by atoms with van der Waals surface area (Å²) in [6, 6.07) is 0. The minimum absolute atomic E-state index is 0.824. The van der Waals surface area contributed by atoms with E-state index in [1.165, 1.54) is 19.3 Å². The molecule has 0 bridgehead atoms. The van der Waals surface area contributed by atoms with Crippen molar-refractivity contribution in [3.05, 3.63) is 12.2 Å². The van der Waals surface area contributed by atoms with E-state index in [0.717, 1.165) is 24.8 Å². The molecule has 0 aliphatic rings. The Kier molecular flexibility index (Phi) is 9.06. The van der Waals surface area contributed by atoms with E-state index >= 15 is 0 Å². The first-order valence-corrected chi connectivity index (χ1v) is 6.00. The lowest BCUT2D eigenvalue weighted by Gasteiger charge is -2.15. The molecule has 0 aliphatic heterocycles. The first kappa shape index (κ1) is 13.7. The van der Waals surface area contributed by atoms with E-state index in [-0.39, 0.29) is 0 Å². The molecule has 84 valence electrons. The topological polar surface area (TPSA) is 12.0 Å². The Hall–Kier alpha value is -0.300. The molecule has 0 aromatic heterocycles. The Bertz CT molecular complexity index is 138.